The molecule has 5 nitrogen and oxygen atoms in total. The number of carbonyl (C=O) groups is 3. The number of ketones is 1. The second-order valence-corrected chi connectivity index (χ2v) is 10.6. The van der Waals surface area contributed by atoms with Gasteiger partial charge < -0.3 is 9.84 Å². The predicted molar refractivity (Wildman–Crippen MR) is 111 cm³/mol. The second-order valence-electron chi connectivity index (χ2n) is 10.0. The van der Waals surface area contributed by atoms with Crippen LogP contribution in [0.1, 0.15) is 53.4 Å². The van der Waals surface area contributed by atoms with Gasteiger partial charge >= 0.3 is 5.97 Å². The quantitative estimate of drug-likeness (QED) is 0.660. The minimum absolute atomic E-state index is 0.000697. The van der Waals surface area contributed by atoms with Gasteiger partial charge in [-0.1, -0.05) is 32.4 Å². The predicted octanol–water partition coefficient (Wildman–Crippen LogP) is 3.96. The van der Waals surface area contributed by atoms with E-state index in [4.69, 9.17) is 4.74 Å². The molecule has 0 spiro atoms. The van der Waals surface area contributed by atoms with Crippen LogP contribution in [0.4, 0.5) is 3.89 Å². The molecule has 4 aliphatic carbocycles. The molecular formula is C23H29FO5S. The highest BCUT2D eigenvalue weighted by Gasteiger charge is 2.73. The van der Waals surface area contributed by atoms with E-state index in [1.54, 1.807) is 12.2 Å². The number of fused-ring (bicyclic) bond motifs is 5. The van der Waals surface area contributed by atoms with Crippen LogP contribution >= 0.6 is 12.1 Å². The van der Waals surface area contributed by atoms with Crippen LogP contribution in [-0.4, -0.2) is 33.7 Å². The maximum atomic E-state index is 13.6. The van der Waals surface area contributed by atoms with Crippen molar-refractivity contribution in [1.82, 2.24) is 0 Å². The second kappa shape index (κ2) is 7.02. The van der Waals surface area contributed by atoms with Gasteiger partial charge in [0, 0.05) is 29.6 Å². The maximum absolute atomic E-state index is 13.6. The summed E-state index contributed by atoms with van der Waals surface area (Å²) >= 11 is -0.386. The lowest BCUT2D eigenvalue weighted by Gasteiger charge is -2.59. The molecule has 0 aromatic heterocycles. The highest BCUT2D eigenvalue weighted by Crippen LogP contribution is 2.69. The van der Waals surface area contributed by atoms with E-state index in [0.717, 1.165) is 18.4 Å². The van der Waals surface area contributed by atoms with E-state index in [-0.39, 0.29) is 48.0 Å². The maximum Gasteiger partial charge on any atom is 0.303 e. The summed E-state index contributed by atoms with van der Waals surface area (Å²) in [4.78, 5) is 36.8. The molecule has 0 radical (unpaired) electrons. The molecule has 7 heteroatoms. The lowest BCUT2D eigenvalue weighted by molar-refractivity contribution is -0.198. The number of carbonyl (C=O) groups excluding carboxylic acids is 3. The number of halogens is 1. The van der Waals surface area contributed by atoms with Crippen molar-refractivity contribution in [2.45, 2.75) is 65.1 Å². The Morgan fingerprint density at radius 2 is 2.03 bits per heavy atom. The van der Waals surface area contributed by atoms with Gasteiger partial charge in [-0.2, -0.15) is 3.89 Å². The number of hydrogen-bond donors (Lipinski definition) is 1. The van der Waals surface area contributed by atoms with E-state index in [1.165, 1.54) is 6.92 Å². The minimum atomic E-state index is -1.59. The van der Waals surface area contributed by atoms with Crippen LogP contribution in [0.25, 0.3) is 0 Å². The van der Waals surface area contributed by atoms with Gasteiger partial charge in [-0.05, 0) is 49.7 Å². The first-order chi connectivity index (χ1) is 14.0. The molecule has 0 bridgehead atoms. The van der Waals surface area contributed by atoms with Gasteiger partial charge in [-0.15, -0.1) is 0 Å². The first-order valence-electron chi connectivity index (χ1n) is 10.7. The van der Waals surface area contributed by atoms with Crippen LogP contribution in [0.3, 0.4) is 0 Å². The van der Waals surface area contributed by atoms with E-state index in [1.807, 2.05) is 19.9 Å². The lowest BCUT2D eigenvalue weighted by atomic mass is 9.46. The largest absolute Gasteiger partial charge is 0.449 e. The first kappa shape index (κ1) is 21.8. The highest BCUT2D eigenvalue weighted by molar-refractivity contribution is 8.09. The van der Waals surface area contributed by atoms with Crippen molar-refractivity contribution in [3.05, 3.63) is 23.8 Å². The molecule has 0 aliphatic heterocycles. The number of allylic oxidation sites excluding steroid dienone is 4. The van der Waals surface area contributed by atoms with Gasteiger partial charge in [-0.3, -0.25) is 14.4 Å². The third-order valence-corrected chi connectivity index (χ3v) is 9.16. The molecule has 30 heavy (non-hydrogen) atoms. The smallest absolute Gasteiger partial charge is 0.303 e. The van der Waals surface area contributed by atoms with Crippen LogP contribution in [0.2, 0.25) is 0 Å². The van der Waals surface area contributed by atoms with Gasteiger partial charge in [0.1, 0.15) is 12.1 Å². The van der Waals surface area contributed by atoms with Gasteiger partial charge in [0.2, 0.25) is 0 Å². The number of rotatable bonds is 2. The van der Waals surface area contributed by atoms with Crippen LogP contribution in [-0.2, 0) is 19.1 Å². The molecule has 4 aliphatic rings. The Labute approximate surface area is 180 Å². The van der Waals surface area contributed by atoms with Gasteiger partial charge in [0.15, 0.2) is 11.4 Å². The number of esters is 1. The summed E-state index contributed by atoms with van der Waals surface area (Å²) < 4.78 is 19.3. The zero-order valence-corrected chi connectivity index (χ0v) is 18.6. The van der Waals surface area contributed by atoms with Crippen LogP contribution in [0, 0.1) is 34.5 Å². The van der Waals surface area contributed by atoms with Crippen molar-refractivity contribution < 1.29 is 28.1 Å². The highest BCUT2D eigenvalue weighted by atomic mass is 32.2. The normalized spacial score (nSPS) is 47.1. The zero-order chi connectivity index (χ0) is 22.1. The minimum Gasteiger partial charge on any atom is -0.449 e. The van der Waals surface area contributed by atoms with E-state index < -0.39 is 33.6 Å². The van der Waals surface area contributed by atoms with Crippen molar-refractivity contribution in [3.63, 3.8) is 0 Å². The van der Waals surface area contributed by atoms with E-state index in [9.17, 15) is 23.4 Å². The van der Waals surface area contributed by atoms with Gasteiger partial charge in [0.05, 0.1) is 6.10 Å². The molecular weight excluding hydrogens is 407 g/mol. The molecule has 0 aromatic rings. The number of ether oxygens (including phenoxy) is 1. The van der Waals surface area contributed by atoms with E-state index >= 15 is 0 Å². The lowest BCUT2D eigenvalue weighted by Crippen LogP contribution is -2.63. The van der Waals surface area contributed by atoms with Crippen LogP contribution < -0.4 is 0 Å². The Morgan fingerprint density at radius 3 is 2.67 bits per heavy atom. The Morgan fingerprint density at radius 1 is 1.33 bits per heavy atom. The molecule has 0 aromatic carbocycles. The van der Waals surface area contributed by atoms with Crippen molar-refractivity contribution >= 4 is 29.0 Å². The monoisotopic (exact) mass is 436 g/mol. The van der Waals surface area contributed by atoms with Crippen molar-refractivity contribution in [2.24, 2.45) is 34.5 Å². The molecule has 1 N–H and O–H groups in total. The number of aliphatic hydroxyl groups excluding tert-OH is 1. The molecule has 0 saturated heterocycles. The van der Waals surface area contributed by atoms with E-state index in [0.29, 0.717) is 6.42 Å². The Balaban J connectivity index is 1.81. The van der Waals surface area contributed by atoms with Gasteiger partial charge in [-0.25, -0.2) is 0 Å². The third-order valence-electron chi connectivity index (χ3n) is 8.71. The van der Waals surface area contributed by atoms with Crippen LogP contribution in [0.15, 0.2) is 23.8 Å². The fourth-order valence-electron chi connectivity index (χ4n) is 7.62. The number of aliphatic hydroxyl groups is 1. The number of hydrogen-bond acceptors (Lipinski definition) is 6. The standard InChI is InChI=1S/C23H29FO5S/c1-12-9-17-16-6-5-14-10-15(26)7-8-21(14,3)19(16)18(27)11-22(17,4)23(12,20(28)30-24)29-13(2)25/h7-8,10,12,16-19,27H,5-6,9,11H2,1-4H3/t12-,16?,17?,18+,19-,21+,22+,23?/m1/s1. The summed E-state index contributed by atoms with van der Waals surface area (Å²) in [6.07, 6.45) is 6.83. The average Bonchev–Trinajstić information content (AvgIpc) is 2.88. The molecule has 4 rings (SSSR count). The topological polar surface area (TPSA) is 80.7 Å². The molecule has 8 atom stereocenters. The van der Waals surface area contributed by atoms with Crippen molar-refractivity contribution in [2.75, 3.05) is 0 Å². The third kappa shape index (κ3) is 2.67. The molecule has 3 unspecified atom stereocenters. The zero-order valence-electron chi connectivity index (χ0n) is 17.8. The fraction of sp³-hybridized carbons (Fsp3) is 0.696. The van der Waals surface area contributed by atoms with Crippen molar-refractivity contribution in [3.8, 4) is 0 Å². The van der Waals surface area contributed by atoms with Crippen molar-refractivity contribution in [1.29, 1.82) is 0 Å². The Bertz CT molecular complexity index is 868. The summed E-state index contributed by atoms with van der Waals surface area (Å²) in [6, 6.07) is 0. The SMILES string of the molecule is CC(=O)OC1(C(=O)SF)[C@H](C)CC2C3CCC4=CC(=O)C=C[C@]4(C)[C@H]3[C@@H](O)C[C@@]21C. The van der Waals surface area contributed by atoms with E-state index in [2.05, 4.69) is 6.92 Å². The molecule has 3 fully saturated rings. The Kier molecular flexibility index (Phi) is 5.09. The molecule has 164 valence electrons. The van der Waals surface area contributed by atoms with Crippen LogP contribution in [0.5, 0.6) is 0 Å². The molecule has 3 saturated carbocycles. The fourth-order valence-corrected chi connectivity index (χ4v) is 8.21. The molecule has 0 amide bonds. The summed E-state index contributed by atoms with van der Waals surface area (Å²) in [5.74, 6) is -1.02. The Hall–Kier alpha value is -1.47. The van der Waals surface area contributed by atoms with Gasteiger partial charge in [0.25, 0.3) is 5.12 Å². The first-order valence-corrected chi connectivity index (χ1v) is 11.4. The summed E-state index contributed by atoms with van der Waals surface area (Å²) in [5.41, 5.74) is -1.83. The summed E-state index contributed by atoms with van der Waals surface area (Å²) in [7, 11) is 0. The summed E-state index contributed by atoms with van der Waals surface area (Å²) in [6.45, 7) is 7.04. The molecule has 0 heterocycles. The average molecular weight is 437 g/mol. The summed E-state index contributed by atoms with van der Waals surface area (Å²) in [5, 5.41) is 10.6.